The number of halogens is 1. The predicted octanol–water partition coefficient (Wildman–Crippen LogP) is 2.59. The Morgan fingerprint density at radius 1 is 1.36 bits per heavy atom. The van der Waals surface area contributed by atoms with Crippen LogP contribution in [0.5, 0.6) is 0 Å². The van der Waals surface area contributed by atoms with Crippen LogP contribution in [0.2, 0.25) is 0 Å². The maximum atomic E-state index is 3.44. The van der Waals surface area contributed by atoms with Gasteiger partial charge in [-0.2, -0.15) is 0 Å². The van der Waals surface area contributed by atoms with Gasteiger partial charge in [-0.1, -0.05) is 35.4 Å². The standard InChI is InChI=1S/C9H18IN/c1-11-9-5-3-2-4-8(9)6-7-10/h8-9,11H,2-7H2,1H3. The molecule has 2 heteroatoms. The van der Waals surface area contributed by atoms with E-state index < -0.39 is 0 Å². The molecule has 0 aromatic rings. The molecule has 0 aromatic heterocycles. The third kappa shape index (κ3) is 2.90. The lowest BCUT2D eigenvalue weighted by atomic mass is 9.83. The first-order chi connectivity index (χ1) is 5.38. The zero-order valence-corrected chi connectivity index (χ0v) is 9.43. The number of hydrogen-bond acceptors (Lipinski definition) is 1. The SMILES string of the molecule is CNC1CCCCC1CCI. The van der Waals surface area contributed by atoms with E-state index in [4.69, 9.17) is 0 Å². The van der Waals surface area contributed by atoms with Crippen molar-refractivity contribution in [3.05, 3.63) is 0 Å². The summed E-state index contributed by atoms with van der Waals surface area (Å²) < 4.78 is 1.32. The molecule has 0 spiro atoms. The van der Waals surface area contributed by atoms with Gasteiger partial charge in [0.25, 0.3) is 0 Å². The first-order valence-corrected chi connectivity index (χ1v) is 6.14. The highest BCUT2D eigenvalue weighted by molar-refractivity contribution is 14.1. The second-order valence-corrected chi connectivity index (χ2v) is 4.50. The normalized spacial score (nSPS) is 32.2. The minimum absolute atomic E-state index is 0.818. The van der Waals surface area contributed by atoms with Crippen molar-refractivity contribution in [1.82, 2.24) is 5.32 Å². The van der Waals surface area contributed by atoms with Gasteiger partial charge in [0.2, 0.25) is 0 Å². The average Bonchev–Trinajstić information content (AvgIpc) is 2.06. The number of hydrogen-bond donors (Lipinski definition) is 1. The van der Waals surface area contributed by atoms with Gasteiger partial charge < -0.3 is 5.32 Å². The number of alkyl halides is 1. The van der Waals surface area contributed by atoms with Crippen molar-refractivity contribution in [2.75, 3.05) is 11.5 Å². The van der Waals surface area contributed by atoms with Gasteiger partial charge in [-0.15, -0.1) is 0 Å². The molecule has 0 aliphatic heterocycles. The van der Waals surface area contributed by atoms with E-state index in [1.54, 1.807) is 0 Å². The Labute approximate surface area is 83.5 Å². The van der Waals surface area contributed by atoms with E-state index in [1.807, 2.05) is 0 Å². The fraction of sp³-hybridized carbons (Fsp3) is 1.00. The van der Waals surface area contributed by atoms with Crippen molar-refractivity contribution in [3.63, 3.8) is 0 Å². The van der Waals surface area contributed by atoms with Gasteiger partial charge in [-0.3, -0.25) is 0 Å². The molecule has 0 heterocycles. The molecule has 1 rings (SSSR count). The van der Waals surface area contributed by atoms with E-state index in [-0.39, 0.29) is 0 Å². The van der Waals surface area contributed by atoms with Crippen molar-refractivity contribution < 1.29 is 0 Å². The van der Waals surface area contributed by atoms with Gasteiger partial charge in [-0.05, 0) is 36.7 Å². The highest BCUT2D eigenvalue weighted by atomic mass is 127. The second kappa shape index (κ2) is 5.36. The van der Waals surface area contributed by atoms with Crippen molar-refractivity contribution in [2.45, 2.75) is 38.1 Å². The number of rotatable bonds is 3. The maximum Gasteiger partial charge on any atom is 0.00925 e. The second-order valence-electron chi connectivity index (χ2n) is 3.42. The molecule has 1 saturated carbocycles. The average molecular weight is 267 g/mol. The summed E-state index contributed by atoms with van der Waals surface area (Å²) in [6, 6.07) is 0.818. The molecule has 1 fully saturated rings. The van der Waals surface area contributed by atoms with Crippen LogP contribution in [-0.2, 0) is 0 Å². The molecule has 0 saturated heterocycles. The summed E-state index contributed by atoms with van der Waals surface area (Å²) in [7, 11) is 2.11. The molecule has 0 bridgehead atoms. The van der Waals surface area contributed by atoms with Crippen LogP contribution in [0.4, 0.5) is 0 Å². The molecule has 1 aliphatic rings. The van der Waals surface area contributed by atoms with Gasteiger partial charge in [-0.25, -0.2) is 0 Å². The van der Waals surface area contributed by atoms with Crippen molar-refractivity contribution in [3.8, 4) is 0 Å². The smallest absolute Gasteiger partial charge is 0.00925 e. The fourth-order valence-electron chi connectivity index (χ4n) is 2.07. The van der Waals surface area contributed by atoms with E-state index in [0.29, 0.717) is 0 Å². The monoisotopic (exact) mass is 267 g/mol. The quantitative estimate of drug-likeness (QED) is 0.612. The van der Waals surface area contributed by atoms with E-state index >= 15 is 0 Å². The highest BCUT2D eigenvalue weighted by Gasteiger charge is 2.22. The van der Waals surface area contributed by atoms with Crippen LogP contribution in [0, 0.1) is 5.92 Å². The van der Waals surface area contributed by atoms with Gasteiger partial charge in [0.05, 0.1) is 0 Å². The predicted molar refractivity (Wildman–Crippen MR) is 58.3 cm³/mol. The summed E-state index contributed by atoms with van der Waals surface area (Å²) in [5, 5.41) is 3.44. The van der Waals surface area contributed by atoms with Crippen LogP contribution >= 0.6 is 22.6 Å². The summed E-state index contributed by atoms with van der Waals surface area (Å²) in [6.45, 7) is 0. The zero-order chi connectivity index (χ0) is 8.10. The molecular weight excluding hydrogens is 249 g/mol. The Kier molecular flexibility index (Phi) is 4.76. The minimum Gasteiger partial charge on any atom is -0.317 e. The molecule has 11 heavy (non-hydrogen) atoms. The summed E-state index contributed by atoms with van der Waals surface area (Å²) >= 11 is 2.49. The summed E-state index contributed by atoms with van der Waals surface area (Å²) in [5.41, 5.74) is 0. The Balaban J connectivity index is 2.31. The lowest BCUT2D eigenvalue weighted by Gasteiger charge is -2.30. The first kappa shape index (κ1) is 9.78. The van der Waals surface area contributed by atoms with Crippen LogP contribution in [-0.4, -0.2) is 17.5 Å². The highest BCUT2D eigenvalue weighted by Crippen LogP contribution is 2.27. The molecule has 0 aromatic carbocycles. The van der Waals surface area contributed by atoms with Gasteiger partial charge in [0.15, 0.2) is 0 Å². The summed E-state index contributed by atoms with van der Waals surface area (Å²) in [4.78, 5) is 0. The topological polar surface area (TPSA) is 12.0 Å². The summed E-state index contributed by atoms with van der Waals surface area (Å²) in [6.07, 6.45) is 7.15. The van der Waals surface area contributed by atoms with E-state index in [9.17, 15) is 0 Å². The Morgan fingerprint density at radius 2 is 2.09 bits per heavy atom. The molecule has 66 valence electrons. The minimum atomic E-state index is 0.818. The van der Waals surface area contributed by atoms with E-state index in [2.05, 4.69) is 35.0 Å². The Bertz CT molecular complexity index is 104. The molecule has 0 radical (unpaired) electrons. The van der Waals surface area contributed by atoms with Crippen LogP contribution in [0.3, 0.4) is 0 Å². The van der Waals surface area contributed by atoms with Gasteiger partial charge in [0.1, 0.15) is 0 Å². The molecular formula is C9H18IN. The van der Waals surface area contributed by atoms with Crippen molar-refractivity contribution >= 4 is 22.6 Å². The van der Waals surface area contributed by atoms with Gasteiger partial charge >= 0.3 is 0 Å². The Hall–Kier alpha value is 0.690. The van der Waals surface area contributed by atoms with Crippen LogP contribution < -0.4 is 5.32 Å². The molecule has 2 unspecified atom stereocenters. The lowest BCUT2D eigenvalue weighted by Crippen LogP contribution is -2.36. The zero-order valence-electron chi connectivity index (χ0n) is 7.28. The van der Waals surface area contributed by atoms with Crippen molar-refractivity contribution in [2.24, 2.45) is 5.92 Å². The van der Waals surface area contributed by atoms with Crippen LogP contribution in [0.1, 0.15) is 32.1 Å². The molecule has 1 aliphatic carbocycles. The first-order valence-electron chi connectivity index (χ1n) is 4.61. The summed E-state index contributed by atoms with van der Waals surface area (Å²) in [5.74, 6) is 0.964. The number of nitrogens with one attached hydrogen (secondary N) is 1. The molecule has 1 N–H and O–H groups in total. The largest absolute Gasteiger partial charge is 0.317 e. The van der Waals surface area contributed by atoms with Crippen LogP contribution in [0.15, 0.2) is 0 Å². The maximum absolute atomic E-state index is 3.44. The van der Waals surface area contributed by atoms with Gasteiger partial charge in [0, 0.05) is 6.04 Å². The van der Waals surface area contributed by atoms with E-state index in [0.717, 1.165) is 12.0 Å². The van der Waals surface area contributed by atoms with Crippen molar-refractivity contribution in [1.29, 1.82) is 0 Å². The third-order valence-corrected chi connectivity index (χ3v) is 3.38. The molecule has 2 atom stereocenters. The lowest BCUT2D eigenvalue weighted by molar-refractivity contribution is 0.270. The Morgan fingerprint density at radius 3 is 2.73 bits per heavy atom. The molecule has 0 amide bonds. The van der Waals surface area contributed by atoms with E-state index in [1.165, 1.54) is 36.5 Å². The molecule has 1 nitrogen and oxygen atoms in total. The fourth-order valence-corrected chi connectivity index (χ4v) is 2.87. The third-order valence-electron chi connectivity index (χ3n) is 2.76. The van der Waals surface area contributed by atoms with Crippen LogP contribution in [0.25, 0.3) is 0 Å².